The van der Waals surface area contributed by atoms with Gasteiger partial charge in [-0.1, -0.05) is 6.07 Å². The van der Waals surface area contributed by atoms with Gasteiger partial charge < -0.3 is 24.4 Å². The van der Waals surface area contributed by atoms with Crippen LogP contribution in [0.25, 0.3) is 5.76 Å². The van der Waals surface area contributed by atoms with Crippen LogP contribution in [-0.2, 0) is 9.59 Å². The third kappa shape index (κ3) is 3.61. The van der Waals surface area contributed by atoms with Gasteiger partial charge in [0.15, 0.2) is 11.5 Å². The molecule has 2 N–H and O–H groups in total. The maximum atomic E-state index is 13.0. The Morgan fingerprint density at radius 3 is 2.77 bits per heavy atom. The Balaban J connectivity index is 1.77. The van der Waals surface area contributed by atoms with Crippen molar-refractivity contribution in [1.82, 2.24) is 9.88 Å². The van der Waals surface area contributed by atoms with E-state index in [0.717, 1.165) is 13.0 Å². The van der Waals surface area contributed by atoms with Crippen LogP contribution < -0.4 is 14.4 Å². The summed E-state index contributed by atoms with van der Waals surface area (Å²) in [4.78, 5) is 32.7. The van der Waals surface area contributed by atoms with Crippen molar-refractivity contribution >= 4 is 17.4 Å². The third-order valence-electron chi connectivity index (χ3n) is 5.26. The molecule has 2 aromatic rings. The number of nitrogens with zero attached hydrogens (tertiary/aromatic N) is 2. The van der Waals surface area contributed by atoms with Crippen LogP contribution in [0.1, 0.15) is 23.6 Å². The van der Waals surface area contributed by atoms with Crippen LogP contribution in [0, 0.1) is 0 Å². The van der Waals surface area contributed by atoms with Crippen molar-refractivity contribution in [3.63, 3.8) is 0 Å². The number of Topliss-reactive ketones (excluding diaryl/α,β-unsaturated/α-hetero) is 1. The SMILES string of the molecule is C[NH+](C)CCCN1C(=O)C(=O)/C(=C(\O)c2ccc3c(c2)OCO3)[C@@H]1c1cccnc1. The lowest BCUT2D eigenvalue weighted by Crippen LogP contribution is -3.05. The number of fused-ring (bicyclic) bond motifs is 1. The molecule has 0 spiro atoms. The lowest BCUT2D eigenvalue weighted by Gasteiger charge is -2.25. The average molecular weight is 410 g/mol. The van der Waals surface area contributed by atoms with Crippen LogP contribution in [0.2, 0.25) is 0 Å². The summed E-state index contributed by atoms with van der Waals surface area (Å²) in [6.07, 6.45) is 3.98. The van der Waals surface area contributed by atoms with Gasteiger partial charge in [-0.05, 0) is 29.8 Å². The molecule has 4 rings (SSSR count). The van der Waals surface area contributed by atoms with Gasteiger partial charge in [-0.2, -0.15) is 0 Å². The van der Waals surface area contributed by atoms with E-state index >= 15 is 0 Å². The van der Waals surface area contributed by atoms with Crippen molar-refractivity contribution in [1.29, 1.82) is 0 Å². The van der Waals surface area contributed by atoms with Crippen molar-refractivity contribution in [2.45, 2.75) is 12.5 Å². The van der Waals surface area contributed by atoms with Crippen LogP contribution in [0.5, 0.6) is 11.5 Å². The number of benzene rings is 1. The monoisotopic (exact) mass is 410 g/mol. The molecule has 8 nitrogen and oxygen atoms in total. The Bertz CT molecular complexity index is 1000. The van der Waals surface area contributed by atoms with Crippen LogP contribution in [-0.4, -0.2) is 60.7 Å². The van der Waals surface area contributed by atoms with Gasteiger partial charge in [-0.15, -0.1) is 0 Å². The highest BCUT2D eigenvalue weighted by molar-refractivity contribution is 6.46. The number of ketones is 1. The van der Waals surface area contributed by atoms with E-state index in [-0.39, 0.29) is 18.1 Å². The second kappa shape index (κ2) is 8.16. The molecule has 2 aliphatic heterocycles. The number of hydrogen-bond donors (Lipinski definition) is 2. The highest BCUT2D eigenvalue weighted by Gasteiger charge is 2.46. The van der Waals surface area contributed by atoms with Crippen molar-refractivity contribution in [2.24, 2.45) is 0 Å². The fourth-order valence-corrected chi connectivity index (χ4v) is 3.80. The van der Waals surface area contributed by atoms with E-state index in [1.165, 1.54) is 9.80 Å². The molecular formula is C22H24N3O5+. The summed E-state index contributed by atoms with van der Waals surface area (Å²) in [6.45, 7) is 1.37. The number of aliphatic hydroxyl groups is 1. The number of hydrogen-bond acceptors (Lipinski definition) is 6. The minimum absolute atomic E-state index is 0.0593. The van der Waals surface area contributed by atoms with Gasteiger partial charge in [0.25, 0.3) is 11.7 Å². The number of likely N-dealkylation sites (tertiary alicyclic amines) is 1. The topological polar surface area (TPSA) is 93.4 Å². The molecule has 0 aliphatic carbocycles. The summed E-state index contributed by atoms with van der Waals surface area (Å²) in [6, 6.07) is 7.79. The van der Waals surface area contributed by atoms with Gasteiger partial charge in [0, 0.05) is 30.9 Å². The van der Waals surface area contributed by atoms with E-state index in [0.29, 0.717) is 29.2 Å². The fraction of sp³-hybridized carbons (Fsp3) is 0.318. The first kappa shape index (κ1) is 19.9. The number of ether oxygens (including phenoxy) is 2. The highest BCUT2D eigenvalue weighted by Crippen LogP contribution is 2.41. The molecule has 2 aliphatic rings. The second-order valence-electron chi connectivity index (χ2n) is 7.66. The molecule has 1 amide bonds. The van der Waals surface area contributed by atoms with E-state index in [1.54, 1.807) is 42.7 Å². The molecule has 1 aromatic carbocycles. The lowest BCUT2D eigenvalue weighted by atomic mass is 9.96. The minimum atomic E-state index is -0.698. The molecule has 0 radical (unpaired) electrons. The van der Waals surface area contributed by atoms with Gasteiger partial charge in [-0.25, -0.2) is 0 Å². The first-order valence-corrected chi connectivity index (χ1v) is 9.84. The fourth-order valence-electron chi connectivity index (χ4n) is 3.80. The summed E-state index contributed by atoms with van der Waals surface area (Å²) in [7, 11) is 4.07. The molecule has 30 heavy (non-hydrogen) atoms. The molecule has 1 fully saturated rings. The highest BCUT2D eigenvalue weighted by atomic mass is 16.7. The summed E-state index contributed by atoms with van der Waals surface area (Å²) in [5, 5.41) is 11.1. The molecule has 0 bridgehead atoms. The molecule has 1 saturated heterocycles. The molecule has 3 heterocycles. The smallest absolute Gasteiger partial charge is 0.295 e. The Hall–Kier alpha value is -3.39. The van der Waals surface area contributed by atoms with Crippen molar-refractivity contribution in [2.75, 3.05) is 34.0 Å². The predicted octanol–water partition coefficient (Wildman–Crippen LogP) is 0.767. The maximum Gasteiger partial charge on any atom is 0.295 e. The van der Waals surface area contributed by atoms with Crippen molar-refractivity contribution in [3.8, 4) is 11.5 Å². The molecule has 1 aromatic heterocycles. The van der Waals surface area contributed by atoms with Crippen LogP contribution in [0.4, 0.5) is 0 Å². The number of amides is 1. The number of aliphatic hydroxyl groups excluding tert-OH is 1. The normalized spacial score (nSPS) is 19.7. The zero-order valence-corrected chi connectivity index (χ0v) is 16.9. The molecule has 1 atom stereocenters. The van der Waals surface area contributed by atoms with Crippen LogP contribution in [0.3, 0.4) is 0 Å². The van der Waals surface area contributed by atoms with E-state index < -0.39 is 17.7 Å². The number of carbonyl (C=O) groups is 2. The average Bonchev–Trinajstić information content (AvgIpc) is 3.31. The Labute approximate surface area is 174 Å². The summed E-state index contributed by atoms with van der Waals surface area (Å²) < 4.78 is 10.7. The first-order valence-electron chi connectivity index (χ1n) is 9.84. The summed E-state index contributed by atoms with van der Waals surface area (Å²) >= 11 is 0. The number of aromatic nitrogens is 1. The predicted molar refractivity (Wildman–Crippen MR) is 108 cm³/mol. The van der Waals surface area contributed by atoms with Gasteiger partial charge in [0.05, 0.1) is 32.3 Å². The summed E-state index contributed by atoms with van der Waals surface area (Å²) in [5.74, 6) is -0.487. The lowest BCUT2D eigenvalue weighted by molar-refractivity contribution is -0.858. The van der Waals surface area contributed by atoms with E-state index in [1.807, 2.05) is 14.1 Å². The number of rotatable bonds is 6. The second-order valence-corrected chi connectivity index (χ2v) is 7.66. The molecule has 8 heteroatoms. The quantitative estimate of drug-likeness (QED) is 0.415. The third-order valence-corrected chi connectivity index (χ3v) is 5.26. The van der Waals surface area contributed by atoms with Gasteiger partial charge >= 0.3 is 0 Å². The van der Waals surface area contributed by atoms with Crippen molar-refractivity contribution < 1.29 is 29.1 Å². The maximum absolute atomic E-state index is 13.0. The van der Waals surface area contributed by atoms with E-state index in [9.17, 15) is 14.7 Å². The number of quaternary nitrogens is 1. The van der Waals surface area contributed by atoms with Crippen LogP contribution >= 0.6 is 0 Å². The Morgan fingerprint density at radius 2 is 2.03 bits per heavy atom. The minimum Gasteiger partial charge on any atom is -0.507 e. The number of pyridine rings is 1. The molecule has 0 unspecified atom stereocenters. The summed E-state index contributed by atoms with van der Waals surface area (Å²) in [5.41, 5.74) is 1.13. The van der Waals surface area contributed by atoms with Crippen molar-refractivity contribution in [3.05, 3.63) is 59.4 Å². The molecular weight excluding hydrogens is 386 g/mol. The van der Waals surface area contributed by atoms with Gasteiger partial charge in [0.2, 0.25) is 6.79 Å². The number of nitrogens with one attached hydrogen (secondary N) is 1. The van der Waals surface area contributed by atoms with Gasteiger partial charge in [0.1, 0.15) is 5.76 Å². The van der Waals surface area contributed by atoms with E-state index in [4.69, 9.17) is 9.47 Å². The molecule has 0 saturated carbocycles. The number of carbonyl (C=O) groups excluding carboxylic acids is 2. The van der Waals surface area contributed by atoms with Gasteiger partial charge in [-0.3, -0.25) is 14.6 Å². The molecule has 156 valence electrons. The largest absolute Gasteiger partial charge is 0.507 e. The first-order chi connectivity index (χ1) is 14.5. The Morgan fingerprint density at radius 1 is 1.23 bits per heavy atom. The zero-order valence-electron chi connectivity index (χ0n) is 16.9. The standard InChI is InChI=1S/C22H23N3O5/c1-24(2)9-4-10-25-19(15-5-3-8-23-12-15)18(21(27)22(25)28)20(26)14-6-7-16-17(11-14)30-13-29-16/h3,5-8,11-12,19,26H,4,9-10,13H2,1-2H3/p+1/b20-18-/t19-/m0/s1. The van der Waals surface area contributed by atoms with Crippen LogP contribution in [0.15, 0.2) is 48.3 Å². The van der Waals surface area contributed by atoms with E-state index in [2.05, 4.69) is 4.98 Å². The Kier molecular flexibility index (Phi) is 5.41. The zero-order chi connectivity index (χ0) is 21.3.